The number of ether oxygens (including phenoxy) is 1. The molecule has 3 aromatic rings. The van der Waals surface area contributed by atoms with E-state index < -0.39 is 59.8 Å². The molecule has 0 saturated carbocycles. The van der Waals surface area contributed by atoms with E-state index in [4.69, 9.17) is 16.3 Å². The first-order valence-corrected chi connectivity index (χ1v) is 11.1. The molecule has 0 radical (unpaired) electrons. The van der Waals surface area contributed by atoms with Crippen LogP contribution in [0.4, 0.5) is 22.0 Å². The van der Waals surface area contributed by atoms with Gasteiger partial charge in [-0.05, 0) is 18.2 Å². The highest BCUT2D eigenvalue weighted by Gasteiger charge is 2.46. The van der Waals surface area contributed by atoms with Crippen molar-refractivity contribution in [2.75, 3.05) is 6.61 Å². The van der Waals surface area contributed by atoms with Crippen molar-refractivity contribution < 1.29 is 42.0 Å². The summed E-state index contributed by atoms with van der Waals surface area (Å²) in [5.41, 5.74) is -3.63. The second-order valence-electron chi connectivity index (χ2n) is 7.55. The van der Waals surface area contributed by atoms with Gasteiger partial charge >= 0.3 is 6.18 Å². The number of halogens is 6. The van der Waals surface area contributed by atoms with Crippen molar-refractivity contribution in [1.82, 2.24) is 20.0 Å². The minimum absolute atomic E-state index is 0.216. The monoisotopic (exact) mass is 538 g/mol. The number of rotatable bonds is 5. The van der Waals surface area contributed by atoms with Gasteiger partial charge in [-0.25, -0.2) is 13.5 Å². The summed E-state index contributed by atoms with van der Waals surface area (Å²) < 4.78 is 73.1. The van der Waals surface area contributed by atoms with Crippen molar-refractivity contribution in [1.29, 1.82) is 0 Å². The van der Waals surface area contributed by atoms with Gasteiger partial charge in [-0.2, -0.15) is 13.2 Å². The molecule has 5 unspecified atom stereocenters. The Kier molecular flexibility index (Phi) is 7.31. The van der Waals surface area contributed by atoms with Crippen LogP contribution in [0.3, 0.4) is 0 Å². The smallest absolute Gasteiger partial charge is 0.394 e. The van der Waals surface area contributed by atoms with Crippen LogP contribution < -0.4 is 0 Å². The SMILES string of the molecule is OCC1OC(Sc2cncc(Cl)c2)C(O)C(n2cc(-c3cc(F)c(C(F)(F)F)c(F)c3)nn2)C1O. The molecule has 0 aliphatic carbocycles. The summed E-state index contributed by atoms with van der Waals surface area (Å²) in [4.78, 5) is 4.45. The largest absolute Gasteiger partial charge is 0.422 e. The summed E-state index contributed by atoms with van der Waals surface area (Å²) in [6.07, 6.45) is -5.35. The molecule has 0 spiro atoms. The minimum Gasteiger partial charge on any atom is -0.394 e. The highest BCUT2D eigenvalue weighted by Crippen LogP contribution is 2.39. The van der Waals surface area contributed by atoms with Gasteiger partial charge in [-0.1, -0.05) is 28.6 Å². The molecule has 1 aromatic carbocycles. The van der Waals surface area contributed by atoms with E-state index in [1.54, 1.807) is 6.07 Å². The number of nitrogens with zero attached hydrogens (tertiary/aromatic N) is 4. The number of benzene rings is 1. The van der Waals surface area contributed by atoms with Crippen LogP contribution in [-0.4, -0.2) is 65.7 Å². The second-order valence-corrected chi connectivity index (χ2v) is 9.16. The average molecular weight is 539 g/mol. The van der Waals surface area contributed by atoms with Crippen molar-refractivity contribution in [3.63, 3.8) is 0 Å². The van der Waals surface area contributed by atoms with E-state index in [9.17, 15) is 37.3 Å². The van der Waals surface area contributed by atoms with E-state index in [0.29, 0.717) is 22.1 Å². The third-order valence-electron chi connectivity index (χ3n) is 5.22. The maximum atomic E-state index is 14.0. The molecule has 4 rings (SSSR count). The fourth-order valence-electron chi connectivity index (χ4n) is 3.62. The first kappa shape index (κ1) is 25.7. The number of alkyl halides is 3. The lowest BCUT2D eigenvalue weighted by Crippen LogP contribution is -2.55. The van der Waals surface area contributed by atoms with Gasteiger partial charge < -0.3 is 20.1 Å². The predicted molar refractivity (Wildman–Crippen MR) is 112 cm³/mol. The molecule has 1 aliphatic rings. The molecular formula is C20H16ClF5N4O4S. The molecule has 5 atom stereocenters. The summed E-state index contributed by atoms with van der Waals surface area (Å²) in [5, 5.41) is 39.0. The number of aliphatic hydroxyl groups is 3. The van der Waals surface area contributed by atoms with Crippen molar-refractivity contribution in [3.05, 3.63) is 59.0 Å². The van der Waals surface area contributed by atoms with Gasteiger partial charge in [0, 0.05) is 22.9 Å². The van der Waals surface area contributed by atoms with E-state index in [-0.39, 0.29) is 11.3 Å². The van der Waals surface area contributed by atoms with Crippen molar-refractivity contribution in [2.24, 2.45) is 0 Å². The van der Waals surface area contributed by atoms with Gasteiger partial charge in [0.15, 0.2) is 0 Å². The highest BCUT2D eigenvalue weighted by atomic mass is 35.5. The minimum atomic E-state index is -5.23. The average Bonchev–Trinajstić information content (AvgIpc) is 3.24. The molecule has 1 fully saturated rings. The molecule has 1 saturated heterocycles. The molecule has 3 N–H and O–H groups in total. The van der Waals surface area contributed by atoms with Crippen LogP contribution in [0.5, 0.6) is 0 Å². The molecule has 1 aliphatic heterocycles. The lowest BCUT2D eigenvalue weighted by atomic mass is 9.97. The zero-order valence-electron chi connectivity index (χ0n) is 17.3. The summed E-state index contributed by atoms with van der Waals surface area (Å²) >= 11 is 6.93. The number of hydrogen-bond acceptors (Lipinski definition) is 8. The van der Waals surface area contributed by atoms with Gasteiger partial charge in [0.05, 0.1) is 17.8 Å². The zero-order chi connectivity index (χ0) is 25.5. The molecule has 188 valence electrons. The number of aliphatic hydroxyl groups excluding tert-OH is 3. The Balaban J connectivity index is 1.64. The van der Waals surface area contributed by atoms with Crippen molar-refractivity contribution in [3.8, 4) is 11.3 Å². The predicted octanol–water partition coefficient (Wildman–Crippen LogP) is 3.06. The number of aromatic nitrogens is 4. The van der Waals surface area contributed by atoms with Crippen molar-refractivity contribution >= 4 is 23.4 Å². The standard InChI is InChI=1S/C20H16ClF5N4O4S/c21-9-3-10(5-27-4-9)35-19-18(33)16(17(32)14(7-31)34-19)30-6-13(28-29-30)8-1-11(22)15(12(23)2-8)20(24,25)26/h1-6,14,16-19,31-33H,7H2. The molecule has 2 aromatic heterocycles. The Hall–Kier alpha value is -2.36. The molecule has 8 nitrogen and oxygen atoms in total. The summed E-state index contributed by atoms with van der Waals surface area (Å²) in [7, 11) is 0. The van der Waals surface area contributed by atoms with E-state index in [0.717, 1.165) is 22.6 Å². The van der Waals surface area contributed by atoms with Gasteiger partial charge in [-0.3, -0.25) is 4.98 Å². The quantitative estimate of drug-likeness (QED) is 0.425. The van der Waals surface area contributed by atoms with Gasteiger partial charge in [0.1, 0.15) is 52.7 Å². The van der Waals surface area contributed by atoms with Crippen LogP contribution in [0.1, 0.15) is 11.6 Å². The zero-order valence-corrected chi connectivity index (χ0v) is 18.8. The van der Waals surface area contributed by atoms with Crippen LogP contribution in [0, 0.1) is 11.6 Å². The normalized spacial score (nSPS) is 25.1. The Bertz CT molecular complexity index is 1190. The molecule has 0 bridgehead atoms. The maximum absolute atomic E-state index is 14.0. The van der Waals surface area contributed by atoms with Crippen LogP contribution in [0.15, 0.2) is 41.7 Å². The van der Waals surface area contributed by atoms with Gasteiger partial charge in [-0.15, -0.1) is 5.10 Å². The maximum Gasteiger partial charge on any atom is 0.422 e. The third kappa shape index (κ3) is 5.27. The van der Waals surface area contributed by atoms with E-state index in [2.05, 4.69) is 15.3 Å². The molecular weight excluding hydrogens is 523 g/mol. The van der Waals surface area contributed by atoms with Crippen LogP contribution >= 0.6 is 23.4 Å². The molecule has 15 heteroatoms. The van der Waals surface area contributed by atoms with E-state index in [1.807, 2.05) is 0 Å². The Morgan fingerprint density at radius 2 is 1.77 bits per heavy atom. The summed E-state index contributed by atoms with van der Waals surface area (Å²) in [6.45, 7) is -0.619. The lowest BCUT2D eigenvalue weighted by Gasteiger charge is -2.41. The second kappa shape index (κ2) is 9.95. The van der Waals surface area contributed by atoms with Crippen LogP contribution in [-0.2, 0) is 10.9 Å². The third-order valence-corrected chi connectivity index (χ3v) is 6.54. The fourth-order valence-corrected chi connectivity index (χ4v) is 4.94. The Labute approximate surface area is 203 Å². The lowest BCUT2D eigenvalue weighted by molar-refractivity contribution is -0.178. The number of thioether (sulfide) groups is 1. The molecule has 0 amide bonds. The van der Waals surface area contributed by atoms with Crippen LogP contribution in [0.25, 0.3) is 11.3 Å². The van der Waals surface area contributed by atoms with Crippen LogP contribution in [0.2, 0.25) is 5.02 Å². The van der Waals surface area contributed by atoms with Gasteiger partial charge in [0.2, 0.25) is 0 Å². The first-order valence-electron chi connectivity index (χ1n) is 9.87. The van der Waals surface area contributed by atoms with E-state index in [1.165, 1.54) is 12.4 Å². The molecule has 35 heavy (non-hydrogen) atoms. The fraction of sp³-hybridized carbons (Fsp3) is 0.350. The van der Waals surface area contributed by atoms with E-state index >= 15 is 0 Å². The Morgan fingerprint density at radius 1 is 1.09 bits per heavy atom. The number of pyridine rings is 1. The first-order chi connectivity index (χ1) is 16.5. The summed E-state index contributed by atoms with van der Waals surface area (Å²) in [6, 6.07) is 1.23. The Morgan fingerprint density at radius 3 is 2.37 bits per heavy atom. The van der Waals surface area contributed by atoms with Crippen molar-refractivity contribution in [2.45, 2.75) is 40.9 Å². The highest BCUT2D eigenvalue weighted by molar-refractivity contribution is 7.99. The number of hydrogen-bond donors (Lipinski definition) is 3. The molecule has 3 heterocycles. The topological polar surface area (TPSA) is 114 Å². The van der Waals surface area contributed by atoms with Gasteiger partial charge in [0.25, 0.3) is 0 Å². The summed E-state index contributed by atoms with van der Waals surface area (Å²) in [5.74, 6) is -3.67.